The van der Waals surface area contributed by atoms with Gasteiger partial charge in [-0.3, -0.25) is 9.48 Å². The van der Waals surface area contributed by atoms with Gasteiger partial charge >= 0.3 is 12.1 Å². The number of aromatic nitrogens is 4. The molecule has 0 unspecified atom stereocenters. The highest BCUT2D eigenvalue weighted by atomic mass is 32.1. The number of carboxylic acids is 1. The minimum Gasteiger partial charge on any atom is -0.475 e. The summed E-state index contributed by atoms with van der Waals surface area (Å²) in [5.41, 5.74) is 1.13. The summed E-state index contributed by atoms with van der Waals surface area (Å²) in [5.74, 6) is -1.72. The number of carbonyl (C=O) groups is 2. The molecule has 3 aromatic heterocycles. The van der Waals surface area contributed by atoms with E-state index in [4.69, 9.17) is 9.90 Å². The standard InChI is InChI=1S/C15H15N5OS.C2HF3O2/c21-15(13-3-1-8-22-13)18-6-7-20-12(9-16-14(20)11-18)10-19-5-2-4-17-19;3-2(4,5)1(6)7/h1-5,8-9H,6-7,10-11H2;(H,6,7). The third-order valence-electron chi connectivity index (χ3n) is 4.09. The molecule has 1 aliphatic heterocycles. The quantitative estimate of drug-likeness (QED) is 0.693. The monoisotopic (exact) mass is 427 g/mol. The van der Waals surface area contributed by atoms with Crippen molar-refractivity contribution in [1.29, 1.82) is 0 Å². The zero-order valence-electron chi connectivity index (χ0n) is 14.9. The van der Waals surface area contributed by atoms with Crippen LogP contribution in [0, 0.1) is 0 Å². The van der Waals surface area contributed by atoms with Gasteiger partial charge in [-0.1, -0.05) is 6.07 Å². The Bertz CT molecular complexity index is 967. The lowest BCUT2D eigenvalue weighted by Crippen LogP contribution is -2.38. The van der Waals surface area contributed by atoms with Crippen molar-refractivity contribution in [1.82, 2.24) is 24.2 Å². The molecule has 8 nitrogen and oxygen atoms in total. The fourth-order valence-corrected chi connectivity index (χ4v) is 3.43. The van der Waals surface area contributed by atoms with Gasteiger partial charge in [0.25, 0.3) is 5.91 Å². The summed E-state index contributed by atoms with van der Waals surface area (Å²) in [4.78, 5) is 28.5. The maximum absolute atomic E-state index is 12.4. The highest BCUT2D eigenvalue weighted by molar-refractivity contribution is 7.12. The Morgan fingerprint density at radius 2 is 2.00 bits per heavy atom. The number of rotatable bonds is 3. The number of thiophene rings is 1. The summed E-state index contributed by atoms with van der Waals surface area (Å²) in [6, 6.07) is 5.69. The van der Waals surface area contributed by atoms with Gasteiger partial charge in [0.15, 0.2) is 0 Å². The lowest BCUT2D eigenvalue weighted by Gasteiger charge is -2.28. The van der Waals surface area contributed by atoms with Gasteiger partial charge < -0.3 is 14.6 Å². The second kappa shape index (κ2) is 8.47. The fraction of sp³-hybridized carbons (Fsp3) is 0.294. The molecule has 4 rings (SSSR count). The molecule has 0 atom stereocenters. The molecule has 4 heterocycles. The van der Waals surface area contributed by atoms with Gasteiger partial charge in [-0.2, -0.15) is 18.3 Å². The first-order valence-electron chi connectivity index (χ1n) is 8.39. The minimum absolute atomic E-state index is 0.0953. The molecular formula is C17H16F3N5O3S. The van der Waals surface area contributed by atoms with Crippen LogP contribution in [0.25, 0.3) is 0 Å². The molecule has 1 amide bonds. The Balaban J connectivity index is 0.000000298. The maximum atomic E-state index is 12.4. The van der Waals surface area contributed by atoms with Crippen molar-refractivity contribution < 1.29 is 27.9 Å². The van der Waals surface area contributed by atoms with Crippen molar-refractivity contribution in [3.05, 3.63) is 58.6 Å². The molecule has 1 N–H and O–H groups in total. The Hall–Kier alpha value is -3.15. The van der Waals surface area contributed by atoms with E-state index in [1.54, 1.807) is 6.20 Å². The second-order valence-electron chi connectivity index (χ2n) is 6.03. The normalized spacial score (nSPS) is 13.4. The number of fused-ring (bicyclic) bond motifs is 1. The molecule has 0 bridgehead atoms. The molecule has 3 aromatic rings. The van der Waals surface area contributed by atoms with E-state index in [1.807, 2.05) is 45.6 Å². The summed E-state index contributed by atoms with van der Waals surface area (Å²) in [6.45, 7) is 2.77. The fourth-order valence-electron chi connectivity index (χ4n) is 2.74. The molecule has 0 spiro atoms. The van der Waals surface area contributed by atoms with Gasteiger partial charge in [-0.25, -0.2) is 9.78 Å². The minimum atomic E-state index is -5.08. The van der Waals surface area contributed by atoms with Crippen molar-refractivity contribution >= 4 is 23.2 Å². The first kappa shape index (κ1) is 20.6. The number of carbonyl (C=O) groups excluding carboxylic acids is 1. The van der Waals surface area contributed by atoms with E-state index in [0.717, 1.165) is 22.9 Å². The molecule has 0 aliphatic carbocycles. The molecular weight excluding hydrogens is 411 g/mol. The van der Waals surface area contributed by atoms with Gasteiger partial charge in [-0.15, -0.1) is 11.3 Å². The third kappa shape index (κ3) is 5.02. The van der Waals surface area contributed by atoms with E-state index in [1.165, 1.54) is 11.3 Å². The number of halogens is 3. The summed E-state index contributed by atoms with van der Waals surface area (Å²) < 4.78 is 35.8. The molecule has 29 heavy (non-hydrogen) atoms. The van der Waals surface area contributed by atoms with Gasteiger partial charge in [-0.05, 0) is 17.5 Å². The van der Waals surface area contributed by atoms with Crippen molar-refractivity contribution in [3.63, 3.8) is 0 Å². The number of aliphatic carboxylic acids is 1. The number of amides is 1. The zero-order valence-corrected chi connectivity index (χ0v) is 15.7. The molecule has 0 radical (unpaired) electrons. The number of carboxylic acid groups (broad SMARTS) is 1. The average Bonchev–Trinajstić information content (AvgIpc) is 3.43. The lowest BCUT2D eigenvalue weighted by molar-refractivity contribution is -0.192. The Morgan fingerprint density at radius 3 is 2.59 bits per heavy atom. The first-order valence-corrected chi connectivity index (χ1v) is 9.27. The van der Waals surface area contributed by atoms with Crippen LogP contribution in [0.4, 0.5) is 13.2 Å². The second-order valence-corrected chi connectivity index (χ2v) is 6.98. The van der Waals surface area contributed by atoms with Crippen LogP contribution in [0.2, 0.25) is 0 Å². The van der Waals surface area contributed by atoms with Crippen molar-refractivity contribution in [2.75, 3.05) is 6.54 Å². The largest absolute Gasteiger partial charge is 0.490 e. The average molecular weight is 427 g/mol. The van der Waals surface area contributed by atoms with E-state index >= 15 is 0 Å². The van der Waals surface area contributed by atoms with Crippen LogP contribution in [-0.4, -0.2) is 53.9 Å². The lowest BCUT2D eigenvalue weighted by atomic mass is 10.3. The zero-order chi connectivity index (χ0) is 21.0. The van der Waals surface area contributed by atoms with Crippen LogP contribution in [0.3, 0.4) is 0 Å². The first-order chi connectivity index (χ1) is 13.8. The van der Waals surface area contributed by atoms with Crippen molar-refractivity contribution in [3.8, 4) is 0 Å². The Morgan fingerprint density at radius 1 is 1.24 bits per heavy atom. The molecule has 0 saturated heterocycles. The van der Waals surface area contributed by atoms with Gasteiger partial charge in [0.2, 0.25) is 0 Å². The topological polar surface area (TPSA) is 93.2 Å². The molecule has 0 fully saturated rings. The number of hydrogen-bond donors (Lipinski definition) is 1. The van der Waals surface area contributed by atoms with Crippen LogP contribution in [0.1, 0.15) is 21.2 Å². The van der Waals surface area contributed by atoms with Crippen LogP contribution in [-0.2, 0) is 24.4 Å². The predicted molar refractivity (Wildman–Crippen MR) is 96.3 cm³/mol. The van der Waals surface area contributed by atoms with Crippen LogP contribution < -0.4 is 0 Å². The number of nitrogens with zero attached hydrogens (tertiary/aromatic N) is 5. The van der Waals surface area contributed by atoms with E-state index in [-0.39, 0.29) is 5.91 Å². The Labute approximate surface area is 166 Å². The highest BCUT2D eigenvalue weighted by Gasteiger charge is 2.38. The number of alkyl halides is 3. The summed E-state index contributed by atoms with van der Waals surface area (Å²) in [6.07, 6.45) is 0.514. The molecule has 154 valence electrons. The summed E-state index contributed by atoms with van der Waals surface area (Å²) in [7, 11) is 0. The van der Waals surface area contributed by atoms with E-state index < -0.39 is 12.1 Å². The Kier molecular flexibility index (Phi) is 6.01. The van der Waals surface area contributed by atoms with E-state index in [0.29, 0.717) is 19.6 Å². The smallest absolute Gasteiger partial charge is 0.475 e. The number of hydrogen-bond acceptors (Lipinski definition) is 5. The highest BCUT2D eigenvalue weighted by Crippen LogP contribution is 2.19. The van der Waals surface area contributed by atoms with Crippen LogP contribution in [0.15, 0.2) is 42.2 Å². The van der Waals surface area contributed by atoms with E-state index in [9.17, 15) is 18.0 Å². The molecule has 12 heteroatoms. The predicted octanol–water partition coefficient (Wildman–Crippen LogP) is 2.48. The van der Waals surface area contributed by atoms with Gasteiger partial charge in [0.1, 0.15) is 5.82 Å². The van der Waals surface area contributed by atoms with Crippen molar-refractivity contribution in [2.24, 2.45) is 0 Å². The van der Waals surface area contributed by atoms with E-state index in [2.05, 4.69) is 14.6 Å². The van der Waals surface area contributed by atoms with Gasteiger partial charge in [0, 0.05) is 25.5 Å². The molecule has 0 saturated carbocycles. The van der Waals surface area contributed by atoms with Crippen LogP contribution >= 0.6 is 11.3 Å². The molecule has 0 aromatic carbocycles. The van der Waals surface area contributed by atoms with Crippen LogP contribution in [0.5, 0.6) is 0 Å². The summed E-state index contributed by atoms with van der Waals surface area (Å²) >= 11 is 1.48. The van der Waals surface area contributed by atoms with Gasteiger partial charge in [0.05, 0.1) is 29.9 Å². The SMILES string of the molecule is O=C(O)C(F)(F)F.O=C(c1cccs1)N1CCn2c(Cn3cccn3)cnc2C1. The number of imidazole rings is 1. The third-order valence-corrected chi connectivity index (χ3v) is 4.95. The van der Waals surface area contributed by atoms with Crippen molar-refractivity contribution in [2.45, 2.75) is 25.8 Å². The maximum Gasteiger partial charge on any atom is 0.490 e. The molecule has 1 aliphatic rings. The summed E-state index contributed by atoms with van der Waals surface area (Å²) in [5, 5.41) is 13.3.